The van der Waals surface area contributed by atoms with E-state index in [0.29, 0.717) is 48.1 Å². The number of benzene rings is 1. The van der Waals surface area contributed by atoms with E-state index in [9.17, 15) is 9.59 Å². The van der Waals surface area contributed by atoms with Gasteiger partial charge in [-0.25, -0.2) is 4.98 Å². The number of hydrogen-bond acceptors (Lipinski definition) is 4. The number of nitrogens with one attached hydrogen (secondary N) is 1. The molecule has 1 aliphatic heterocycles. The number of halogens is 2. The zero-order chi connectivity index (χ0) is 19.9. The fourth-order valence-corrected chi connectivity index (χ4v) is 3.28. The van der Waals surface area contributed by atoms with Gasteiger partial charge in [-0.3, -0.25) is 9.59 Å². The highest BCUT2D eigenvalue weighted by Gasteiger charge is 2.21. The van der Waals surface area contributed by atoms with Crippen molar-refractivity contribution in [2.24, 2.45) is 0 Å². The third-order valence-corrected chi connectivity index (χ3v) is 5.10. The van der Waals surface area contributed by atoms with Gasteiger partial charge < -0.3 is 15.1 Å². The number of carbonyl (C=O) groups is 2. The van der Waals surface area contributed by atoms with E-state index in [-0.39, 0.29) is 11.8 Å². The van der Waals surface area contributed by atoms with E-state index < -0.39 is 0 Å². The molecule has 1 aliphatic rings. The second-order valence-corrected chi connectivity index (χ2v) is 7.44. The van der Waals surface area contributed by atoms with E-state index in [4.69, 9.17) is 23.2 Å². The summed E-state index contributed by atoms with van der Waals surface area (Å²) in [6.45, 7) is 3.28. The summed E-state index contributed by atoms with van der Waals surface area (Å²) in [6, 6.07) is 10.4. The van der Waals surface area contributed by atoms with Crippen LogP contribution in [0.3, 0.4) is 0 Å². The lowest BCUT2D eigenvalue weighted by atomic mass is 10.2. The Morgan fingerprint density at radius 3 is 2.29 bits per heavy atom. The fourth-order valence-electron chi connectivity index (χ4n) is 3.04. The topological polar surface area (TPSA) is 65.5 Å². The Balaban J connectivity index is 1.36. The highest BCUT2D eigenvalue weighted by molar-refractivity contribution is 6.30. The molecular weight excluding hydrogens is 399 g/mol. The number of anilines is 1. The Morgan fingerprint density at radius 2 is 1.64 bits per heavy atom. The molecule has 0 saturated carbocycles. The number of nitrogens with zero attached hydrogens (tertiary/aromatic N) is 3. The standard InChI is InChI=1S/C20H22Cl2N4O2/c21-16-5-3-15(4-6-16)20(28)23-9-1-2-19(27)26-12-10-25(11-13-26)18-8-7-17(22)14-24-18/h3-8,14H,1-2,9-13H2,(H,23,28). The molecule has 1 aromatic heterocycles. The van der Waals surface area contributed by atoms with Gasteiger partial charge in [0.15, 0.2) is 0 Å². The minimum atomic E-state index is -0.159. The molecule has 0 aliphatic carbocycles. The van der Waals surface area contributed by atoms with Crippen LogP contribution in [0.2, 0.25) is 10.0 Å². The number of carbonyl (C=O) groups excluding carboxylic acids is 2. The molecule has 2 aromatic rings. The van der Waals surface area contributed by atoms with Gasteiger partial charge in [0.1, 0.15) is 5.82 Å². The molecular formula is C20H22Cl2N4O2. The predicted octanol–water partition coefficient (Wildman–Crippen LogP) is 3.25. The lowest BCUT2D eigenvalue weighted by molar-refractivity contribution is -0.131. The summed E-state index contributed by atoms with van der Waals surface area (Å²) in [5.74, 6) is 0.832. The number of pyridine rings is 1. The van der Waals surface area contributed by atoms with Crippen molar-refractivity contribution in [3.63, 3.8) is 0 Å². The van der Waals surface area contributed by atoms with Crippen LogP contribution in [0.15, 0.2) is 42.6 Å². The van der Waals surface area contributed by atoms with Gasteiger partial charge in [0.05, 0.1) is 5.02 Å². The second kappa shape index (κ2) is 9.75. The fraction of sp³-hybridized carbons (Fsp3) is 0.350. The minimum Gasteiger partial charge on any atom is -0.353 e. The van der Waals surface area contributed by atoms with Crippen molar-refractivity contribution in [2.75, 3.05) is 37.6 Å². The summed E-state index contributed by atoms with van der Waals surface area (Å²) in [4.78, 5) is 32.7. The van der Waals surface area contributed by atoms with Gasteiger partial charge >= 0.3 is 0 Å². The molecule has 28 heavy (non-hydrogen) atoms. The van der Waals surface area contributed by atoms with Crippen molar-refractivity contribution in [3.05, 3.63) is 58.2 Å². The van der Waals surface area contributed by atoms with E-state index >= 15 is 0 Å². The molecule has 0 unspecified atom stereocenters. The van der Waals surface area contributed by atoms with Crippen LogP contribution in [0, 0.1) is 0 Å². The predicted molar refractivity (Wildman–Crippen MR) is 111 cm³/mol. The van der Waals surface area contributed by atoms with E-state index in [1.807, 2.05) is 17.0 Å². The van der Waals surface area contributed by atoms with Gasteiger partial charge in [0.2, 0.25) is 5.91 Å². The highest BCUT2D eigenvalue weighted by Crippen LogP contribution is 2.16. The number of aromatic nitrogens is 1. The van der Waals surface area contributed by atoms with Crippen molar-refractivity contribution in [2.45, 2.75) is 12.8 Å². The van der Waals surface area contributed by atoms with Crippen LogP contribution in [0.25, 0.3) is 0 Å². The molecule has 148 valence electrons. The molecule has 3 rings (SSSR count). The first-order valence-corrected chi connectivity index (χ1v) is 9.96. The quantitative estimate of drug-likeness (QED) is 0.728. The van der Waals surface area contributed by atoms with Gasteiger partial charge in [-0.05, 0) is 42.8 Å². The summed E-state index contributed by atoms with van der Waals surface area (Å²) < 4.78 is 0. The molecule has 0 spiro atoms. The first kappa shape index (κ1) is 20.4. The Hall–Kier alpha value is -2.31. The molecule has 0 atom stereocenters. The lowest BCUT2D eigenvalue weighted by Crippen LogP contribution is -2.49. The second-order valence-electron chi connectivity index (χ2n) is 6.57. The molecule has 1 fully saturated rings. The summed E-state index contributed by atoms with van der Waals surface area (Å²) in [6.07, 6.45) is 2.66. The first-order valence-electron chi connectivity index (χ1n) is 9.21. The van der Waals surface area contributed by atoms with Gasteiger partial charge in [0.25, 0.3) is 5.91 Å². The Labute approximate surface area is 174 Å². The van der Waals surface area contributed by atoms with Crippen LogP contribution >= 0.6 is 23.2 Å². The molecule has 6 nitrogen and oxygen atoms in total. The van der Waals surface area contributed by atoms with Gasteiger partial charge in [-0.15, -0.1) is 0 Å². The van der Waals surface area contributed by atoms with E-state index in [1.54, 1.807) is 30.5 Å². The maximum absolute atomic E-state index is 12.4. The smallest absolute Gasteiger partial charge is 0.251 e. The van der Waals surface area contributed by atoms with Crippen LogP contribution < -0.4 is 10.2 Å². The van der Waals surface area contributed by atoms with Gasteiger partial charge in [-0.1, -0.05) is 23.2 Å². The van der Waals surface area contributed by atoms with E-state index in [2.05, 4.69) is 15.2 Å². The molecule has 2 amide bonds. The van der Waals surface area contributed by atoms with Crippen LogP contribution in [0.5, 0.6) is 0 Å². The molecule has 2 heterocycles. The molecule has 0 bridgehead atoms. The number of rotatable bonds is 6. The normalized spacial score (nSPS) is 14.1. The number of hydrogen-bond donors (Lipinski definition) is 1. The average Bonchev–Trinajstić information content (AvgIpc) is 2.72. The lowest BCUT2D eigenvalue weighted by Gasteiger charge is -2.35. The highest BCUT2D eigenvalue weighted by atomic mass is 35.5. The van der Waals surface area contributed by atoms with Crippen LogP contribution in [0.4, 0.5) is 5.82 Å². The summed E-state index contributed by atoms with van der Waals surface area (Å²) in [5, 5.41) is 4.03. The average molecular weight is 421 g/mol. The van der Waals surface area contributed by atoms with Crippen molar-refractivity contribution in [3.8, 4) is 0 Å². The maximum Gasteiger partial charge on any atom is 0.251 e. The minimum absolute atomic E-state index is 0.115. The van der Waals surface area contributed by atoms with Crippen LogP contribution in [-0.4, -0.2) is 54.4 Å². The van der Waals surface area contributed by atoms with E-state index in [0.717, 1.165) is 18.9 Å². The zero-order valence-corrected chi connectivity index (χ0v) is 16.9. The number of amides is 2. The largest absolute Gasteiger partial charge is 0.353 e. The third-order valence-electron chi connectivity index (χ3n) is 4.63. The van der Waals surface area contributed by atoms with Crippen LogP contribution in [-0.2, 0) is 4.79 Å². The van der Waals surface area contributed by atoms with Gasteiger partial charge in [0, 0.05) is 55.9 Å². The van der Waals surface area contributed by atoms with Crippen molar-refractivity contribution in [1.82, 2.24) is 15.2 Å². The van der Waals surface area contributed by atoms with Crippen molar-refractivity contribution >= 4 is 40.8 Å². The van der Waals surface area contributed by atoms with Gasteiger partial charge in [-0.2, -0.15) is 0 Å². The SMILES string of the molecule is O=C(NCCCC(=O)N1CCN(c2ccc(Cl)cn2)CC1)c1ccc(Cl)cc1. The molecule has 1 aromatic carbocycles. The zero-order valence-electron chi connectivity index (χ0n) is 15.4. The summed E-state index contributed by atoms with van der Waals surface area (Å²) >= 11 is 11.7. The first-order chi connectivity index (χ1) is 13.5. The third kappa shape index (κ3) is 5.59. The molecule has 8 heteroatoms. The Bertz CT molecular complexity index is 804. The monoisotopic (exact) mass is 420 g/mol. The maximum atomic E-state index is 12.4. The summed E-state index contributed by atoms with van der Waals surface area (Å²) in [7, 11) is 0. The van der Waals surface area contributed by atoms with Crippen molar-refractivity contribution < 1.29 is 9.59 Å². The Kier molecular flexibility index (Phi) is 7.12. The van der Waals surface area contributed by atoms with Crippen molar-refractivity contribution in [1.29, 1.82) is 0 Å². The molecule has 1 saturated heterocycles. The number of piperazine rings is 1. The van der Waals surface area contributed by atoms with Crippen LogP contribution in [0.1, 0.15) is 23.2 Å². The summed E-state index contributed by atoms with van der Waals surface area (Å²) in [5.41, 5.74) is 0.558. The molecule has 1 N–H and O–H groups in total. The van der Waals surface area contributed by atoms with E-state index in [1.165, 1.54) is 0 Å². The molecule has 0 radical (unpaired) electrons. The Morgan fingerprint density at radius 1 is 0.964 bits per heavy atom.